The number of nitrogens with one attached hydrogen (secondary N) is 1. The van der Waals surface area contributed by atoms with Crippen molar-refractivity contribution in [3.05, 3.63) is 59.1 Å². The van der Waals surface area contributed by atoms with Crippen molar-refractivity contribution >= 4 is 23.2 Å². The predicted molar refractivity (Wildman–Crippen MR) is 81.6 cm³/mol. The van der Waals surface area contributed by atoms with Crippen molar-refractivity contribution in [2.24, 2.45) is 0 Å². The molecule has 0 bridgehead atoms. The lowest BCUT2D eigenvalue weighted by atomic mass is 10.2. The molecule has 7 heteroatoms. The summed E-state index contributed by atoms with van der Waals surface area (Å²) in [6.45, 7) is 1.52. The maximum absolute atomic E-state index is 12.5. The van der Waals surface area contributed by atoms with Crippen LogP contribution in [0.3, 0.4) is 0 Å². The smallest absolute Gasteiger partial charge is 0.416 e. The molecule has 1 atom stereocenters. The average Bonchev–Trinajstić information content (AvgIpc) is 2.49. The number of hydrogen-bond acceptors (Lipinski definition) is 2. The minimum absolute atomic E-state index is 0.248. The van der Waals surface area contributed by atoms with Gasteiger partial charge in [0.1, 0.15) is 5.75 Å². The van der Waals surface area contributed by atoms with Gasteiger partial charge in [0.2, 0.25) is 0 Å². The number of anilines is 1. The number of hydrogen-bond donors (Lipinski definition) is 1. The Hall–Kier alpha value is -2.21. The van der Waals surface area contributed by atoms with Crippen LogP contribution in [-0.2, 0) is 11.0 Å². The molecule has 0 aliphatic carbocycles. The van der Waals surface area contributed by atoms with Crippen LogP contribution in [0.15, 0.2) is 48.5 Å². The summed E-state index contributed by atoms with van der Waals surface area (Å²) in [7, 11) is 0. The Morgan fingerprint density at radius 2 is 1.74 bits per heavy atom. The van der Waals surface area contributed by atoms with Crippen molar-refractivity contribution in [2.75, 3.05) is 5.32 Å². The lowest BCUT2D eigenvalue weighted by Crippen LogP contribution is -2.30. The number of ether oxygens (including phenoxy) is 1. The summed E-state index contributed by atoms with van der Waals surface area (Å²) < 4.78 is 42.8. The van der Waals surface area contributed by atoms with E-state index in [1.165, 1.54) is 19.1 Å². The Morgan fingerprint density at radius 1 is 1.13 bits per heavy atom. The molecule has 1 N–H and O–H groups in total. The Balaban J connectivity index is 2.00. The van der Waals surface area contributed by atoms with Crippen molar-refractivity contribution in [1.82, 2.24) is 0 Å². The number of carbonyl (C=O) groups excluding carboxylic acids is 1. The second-order valence-corrected chi connectivity index (χ2v) is 5.16. The zero-order chi connectivity index (χ0) is 17.0. The summed E-state index contributed by atoms with van der Waals surface area (Å²) in [6.07, 6.45) is -5.28. The van der Waals surface area contributed by atoms with E-state index in [0.717, 1.165) is 12.1 Å². The number of amides is 1. The van der Waals surface area contributed by atoms with Crippen molar-refractivity contribution in [3.8, 4) is 5.75 Å². The summed E-state index contributed by atoms with van der Waals surface area (Å²) in [6, 6.07) is 10.8. The molecule has 0 fully saturated rings. The highest BCUT2D eigenvalue weighted by Gasteiger charge is 2.30. The second-order valence-electron chi connectivity index (χ2n) is 4.75. The molecular formula is C16H13ClF3NO2. The summed E-state index contributed by atoms with van der Waals surface area (Å²) in [5.41, 5.74) is -0.534. The second kappa shape index (κ2) is 6.91. The molecule has 23 heavy (non-hydrogen) atoms. The van der Waals surface area contributed by atoms with Crippen LogP contribution < -0.4 is 10.1 Å². The topological polar surface area (TPSA) is 38.3 Å². The van der Waals surface area contributed by atoms with Gasteiger partial charge in [0, 0.05) is 5.69 Å². The molecule has 2 aromatic carbocycles. The van der Waals surface area contributed by atoms with Crippen molar-refractivity contribution < 1.29 is 22.7 Å². The Labute approximate surface area is 136 Å². The van der Waals surface area contributed by atoms with E-state index < -0.39 is 23.8 Å². The van der Waals surface area contributed by atoms with E-state index in [-0.39, 0.29) is 5.69 Å². The number of carbonyl (C=O) groups is 1. The van der Waals surface area contributed by atoms with E-state index >= 15 is 0 Å². The summed E-state index contributed by atoms with van der Waals surface area (Å²) in [5.74, 6) is -0.145. The first-order valence-corrected chi connectivity index (χ1v) is 7.04. The van der Waals surface area contributed by atoms with E-state index in [1.54, 1.807) is 24.3 Å². The maximum Gasteiger partial charge on any atom is 0.416 e. The highest BCUT2D eigenvalue weighted by Crippen LogP contribution is 2.30. The zero-order valence-electron chi connectivity index (χ0n) is 12.0. The molecule has 0 saturated carbocycles. The fourth-order valence-electron chi connectivity index (χ4n) is 1.77. The number of alkyl halides is 3. The Kier molecular flexibility index (Phi) is 5.15. The number of rotatable bonds is 4. The largest absolute Gasteiger partial charge is 0.479 e. The van der Waals surface area contributed by atoms with Crippen LogP contribution in [0, 0.1) is 0 Å². The summed E-state index contributed by atoms with van der Waals surface area (Å²) >= 11 is 5.93. The first-order valence-electron chi connectivity index (χ1n) is 6.66. The predicted octanol–water partition coefficient (Wildman–Crippen LogP) is 4.76. The van der Waals surface area contributed by atoms with Crippen LogP contribution in [0.2, 0.25) is 5.02 Å². The molecule has 0 heterocycles. The minimum Gasteiger partial charge on any atom is -0.479 e. The molecule has 1 unspecified atom stereocenters. The van der Waals surface area contributed by atoms with Gasteiger partial charge >= 0.3 is 6.18 Å². The first kappa shape index (κ1) is 17.1. The van der Waals surface area contributed by atoms with E-state index in [9.17, 15) is 18.0 Å². The van der Waals surface area contributed by atoms with Crippen molar-refractivity contribution in [3.63, 3.8) is 0 Å². The first-order chi connectivity index (χ1) is 10.8. The van der Waals surface area contributed by atoms with Gasteiger partial charge in [0.15, 0.2) is 6.10 Å². The number of benzene rings is 2. The normalized spacial score (nSPS) is 12.6. The van der Waals surface area contributed by atoms with Gasteiger partial charge in [0.25, 0.3) is 5.91 Å². The molecule has 0 saturated heterocycles. The Bertz CT molecular complexity index is 686. The standard InChI is InChI=1S/C16H13ClF3NO2/c1-10(23-14-5-3-2-4-13(14)17)15(22)21-12-8-6-11(7-9-12)16(18,19)20/h2-10H,1H3,(H,21,22). The molecule has 0 aromatic heterocycles. The SMILES string of the molecule is CC(Oc1ccccc1Cl)C(=O)Nc1ccc(C(F)(F)F)cc1. The quantitative estimate of drug-likeness (QED) is 0.868. The van der Waals surface area contributed by atoms with E-state index in [4.69, 9.17) is 16.3 Å². The van der Waals surface area contributed by atoms with Gasteiger partial charge in [0.05, 0.1) is 10.6 Å². The molecule has 2 aromatic rings. The molecule has 3 nitrogen and oxygen atoms in total. The molecule has 2 rings (SSSR count). The van der Waals surface area contributed by atoms with Crippen LogP contribution in [0.5, 0.6) is 5.75 Å². The average molecular weight is 344 g/mol. The van der Waals surface area contributed by atoms with Crippen LogP contribution in [0.4, 0.5) is 18.9 Å². The minimum atomic E-state index is -4.41. The fraction of sp³-hybridized carbons (Fsp3) is 0.188. The third-order valence-corrected chi connectivity index (χ3v) is 3.30. The lowest BCUT2D eigenvalue weighted by molar-refractivity contribution is -0.137. The molecular weight excluding hydrogens is 331 g/mol. The van der Waals surface area contributed by atoms with Gasteiger partial charge in [-0.25, -0.2) is 0 Å². The van der Waals surface area contributed by atoms with Crippen LogP contribution in [-0.4, -0.2) is 12.0 Å². The Morgan fingerprint density at radius 3 is 2.30 bits per heavy atom. The fourth-order valence-corrected chi connectivity index (χ4v) is 1.95. The van der Waals surface area contributed by atoms with Gasteiger partial charge in [-0.2, -0.15) is 13.2 Å². The van der Waals surface area contributed by atoms with Crippen LogP contribution in [0.1, 0.15) is 12.5 Å². The molecule has 0 aliphatic rings. The maximum atomic E-state index is 12.5. The molecule has 0 radical (unpaired) electrons. The molecule has 0 spiro atoms. The molecule has 1 amide bonds. The zero-order valence-corrected chi connectivity index (χ0v) is 12.8. The summed E-state index contributed by atoms with van der Waals surface area (Å²) in [5, 5.41) is 2.85. The van der Waals surface area contributed by atoms with Gasteiger partial charge in [-0.05, 0) is 43.3 Å². The number of halogens is 4. The van der Waals surface area contributed by atoms with Crippen LogP contribution >= 0.6 is 11.6 Å². The van der Waals surface area contributed by atoms with Gasteiger partial charge < -0.3 is 10.1 Å². The van der Waals surface area contributed by atoms with Gasteiger partial charge in [-0.15, -0.1) is 0 Å². The highest BCUT2D eigenvalue weighted by molar-refractivity contribution is 6.32. The van der Waals surface area contributed by atoms with Gasteiger partial charge in [-0.1, -0.05) is 23.7 Å². The van der Waals surface area contributed by atoms with Crippen molar-refractivity contribution in [2.45, 2.75) is 19.2 Å². The highest BCUT2D eigenvalue weighted by atomic mass is 35.5. The van der Waals surface area contributed by atoms with E-state index in [0.29, 0.717) is 10.8 Å². The van der Waals surface area contributed by atoms with E-state index in [2.05, 4.69) is 5.32 Å². The molecule has 0 aliphatic heterocycles. The van der Waals surface area contributed by atoms with Crippen LogP contribution in [0.25, 0.3) is 0 Å². The third-order valence-electron chi connectivity index (χ3n) is 2.99. The summed E-state index contributed by atoms with van der Waals surface area (Å²) in [4.78, 5) is 12.0. The van der Waals surface area contributed by atoms with E-state index in [1.807, 2.05) is 0 Å². The number of para-hydroxylation sites is 1. The monoisotopic (exact) mass is 343 g/mol. The van der Waals surface area contributed by atoms with Crippen molar-refractivity contribution in [1.29, 1.82) is 0 Å². The third kappa shape index (κ3) is 4.63. The van der Waals surface area contributed by atoms with Gasteiger partial charge in [-0.3, -0.25) is 4.79 Å². The lowest BCUT2D eigenvalue weighted by Gasteiger charge is -2.16. The molecule has 122 valence electrons.